The molecule has 2 saturated heterocycles. The number of anilines is 1. The molecule has 10 nitrogen and oxygen atoms in total. The molecule has 2 fully saturated rings. The summed E-state index contributed by atoms with van der Waals surface area (Å²) in [7, 11) is 0. The zero-order valence-corrected chi connectivity index (χ0v) is 21.2. The van der Waals surface area contributed by atoms with Gasteiger partial charge in [-0.2, -0.15) is 0 Å². The lowest BCUT2D eigenvalue weighted by Crippen LogP contribution is -2.43. The highest BCUT2D eigenvalue weighted by Gasteiger charge is 2.27. The van der Waals surface area contributed by atoms with Gasteiger partial charge in [-0.25, -0.2) is 14.8 Å². The van der Waals surface area contributed by atoms with E-state index in [4.69, 9.17) is 4.74 Å². The number of benzene rings is 1. The fraction of sp³-hybridized carbons (Fsp3) is 0.556. The lowest BCUT2D eigenvalue weighted by molar-refractivity contribution is 0.0933. The number of rotatable bonds is 9. The summed E-state index contributed by atoms with van der Waals surface area (Å²) in [4.78, 5) is 36.2. The maximum Gasteiger partial charge on any atom is 0.323 e. The fourth-order valence-electron chi connectivity index (χ4n) is 5.47. The SMILES string of the molecule is O=C(NC1Cc2ccccc2C1)c1nccnc1NC(=O)N1CCC(CNCOCC2CCCN2)CC1. The normalized spacial score (nSPS) is 20.1. The second-order valence-corrected chi connectivity index (χ2v) is 10.2. The number of likely N-dealkylation sites (tertiary alicyclic amines) is 1. The van der Waals surface area contributed by atoms with Crippen LogP contribution in [0, 0.1) is 5.92 Å². The number of carbonyl (C=O) groups excluding carboxylic acids is 2. The number of hydrogen-bond acceptors (Lipinski definition) is 7. The third kappa shape index (κ3) is 6.82. The van der Waals surface area contributed by atoms with Gasteiger partial charge in [0.15, 0.2) is 11.5 Å². The number of amides is 3. The molecule has 10 heteroatoms. The monoisotopic (exact) mass is 507 g/mol. The first-order valence-electron chi connectivity index (χ1n) is 13.4. The van der Waals surface area contributed by atoms with Crippen molar-refractivity contribution < 1.29 is 14.3 Å². The number of nitrogens with zero attached hydrogens (tertiary/aromatic N) is 3. The van der Waals surface area contributed by atoms with E-state index in [1.54, 1.807) is 4.90 Å². The van der Waals surface area contributed by atoms with Crippen LogP contribution in [0.2, 0.25) is 0 Å². The van der Waals surface area contributed by atoms with E-state index in [1.165, 1.54) is 36.4 Å². The van der Waals surface area contributed by atoms with Gasteiger partial charge in [0.2, 0.25) is 0 Å². The Labute approximate surface area is 218 Å². The first-order valence-corrected chi connectivity index (χ1v) is 13.4. The molecule has 2 aliphatic heterocycles. The van der Waals surface area contributed by atoms with Gasteiger partial charge in [0, 0.05) is 44.1 Å². The van der Waals surface area contributed by atoms with Crippen LogP contribution in [0.25, 0.3) is 0 Å². The lowest BCUT2D eigenvalue weighted by atomic mass is 9.97. The van der Waals surface area contributed by atoms with Crippen molar-refractivity contribution in [2.45, 2.75) is 50.6 Å². The van der Waals surface area contributed by atoms with Gasteiger partial charge in [0.25, 0.3) is 5.91 Å². The summed E-state index contributed by atoms with van der Waals surface area (Å²) in [6, 6.07) is 8.47. The van der Waals surface area contributed by atoms with Crippen LogP contribution < -0.4 is 21.3 Å². The Hall–Kier alpha value is -3.08. The first-order chi connectivity index (χ1) is 18.2. The summed E-state index contributed by atoms with van der Waals surface area (Å²) in [6.45, 7) is 4.60. The second-order valence-electron chi connectivity index (χ2n) is 10.2. The average Bonchev–Trinajstić information content (AvgIpc) is 3.58. The number of urea groups is 1. The predicted octanol–water partition coefficient (Wildman–Crippen LogP) is 1.93. The van der Waals surface area contributed by atoms with E-state index in [0.717, 1.165) is 45.4 Å². The maximum absolute atomic E-state index is 13.0. The van der Waals surface area contributed by atoms with Crippen molar-refractivity contribution >= 4 is 17.8 Å². The van der Waals surface area contributed by atoms with Crippen LogP contribution in [0.15, 0.2) is 36.7 Å². The van der Waals surface area contributed by atoms with Gasteiger partial charge in [-0.15, -0.1) is 0 Å². The van der Waals surface area contributed by atoms with Crippen LogP contribution in [-0.4, -0.2) is 78.4 Å². The van der Waals surface area contributed by atoms with E-state index in [0.29, 0.717) is 31.8 Å². The van der Waals surface area contributed by atoms with Gasteiger partial charge in [-0.1, -0.05) is 24.3 Å². The zero-order valence-electron chi connectivity index (χ0n) is 21.2. The van der Waals surface area contributed by atoms with Crippen molar-refractivity contribution in [2.24, 2.45) is 5.92 Å². The van der Waals surface area contributed by atoms with Crippen LogP contribution in [0.4, 0.5) is 10.6 Å². The van der Waals surface area contributed by atoms with Gasteiger partial charge in [0.05, 0.1) is 13.3 Å². The molecule has 1 aliphatic carbocycles. The third-order valence-corrected chi connectivity index (χ3v) is 7.55. The highest BCUT2D eigenvalue weighted by atomic mass is 16.5. The molecule has 198 valence electrons. The molecule has 3 aliphatic rings. The van der Waals surface area contributed by atoms with E-state index >= 15 is 0 Å². The van der Waals surface area contributed by atoms with Crippen LogP contribution in [0.1, 0.15) is 47.3 Å². The van der Waals surface area contributed by atoms with Crippen LogP contribution >= 0.6 is 0 Å². The van der Waals surface area contributed by atoms with Crippen molar-refractivity contribution in [3.63, 3.8) is 0 Å². The molecule has 37 heavy (non-hydrogen) atoms. The largest absolute Gasteiger partial charge is 0.365 e. The molecule has 1 atom stereocenters. The minimum absolute atomic E-state index is 0.00729. The third-order valence-electron chi connectivity index (χ3n) is 7.55. The van der Waals surface area contributed by atoms with Crippen LogP contribution in [-0.2, 0) is 17.6 Å². The predicted molar refractivity (Wildman–Crippen MR) is 140 cm³/mol. The smallest absolute Gasteiger partial charge is 0.323 e. The molecule has 1 aromatic carbocycles. The Kier molecular flexibility index (Phi) is 8.60. The summed E-state index contributed by atoms with van der Waals surface area (Å²) in [6.07, 6.45) is 8.79. The average molecular weight is 508 g/mol. The minimum atomic E-state index is -0.322. The first kappa shape index (κ1) is 25.6. The second kappa shape index (κ2) is 12.4. The minimum Gasteiger partial charge on any atom is -0.365 e. The number of nitrogens with one attached hydrogen (secondary N) is 4. The molecule has 1 aromatic heterocycles. The standard InChI is InChI=1S/C27H37N7O3/c35-26(32-23-14-20-4-1-2-5-21(20)15-23)24-25(31-11-10-30-24)33-27(36)34-12-7-19(8-13-34)16-28-18-37-17-22-6-3-9-29-22/h1-2,4-5,10-11,19,22-23,28-29H,3,6-9,12-18H2,(H,32,35)(H,31,33,36). The van der Waals surface area contributed by atoms with Crippen molar-refractivity contribution in [1.82, 2.24) is 30.8 Å². The van der Waals surface area contributed by atoms with Gasteiger partial charge in [-0.05, 0) is 62.1 Å². The lowest BCUT2D eigenvalue weighted by Gasteiger charge is -2.32. The van der Waals surface area contributed by atoms with Crippen molar-refractivity contribution in [2.75, 3.05) is 44.8 Å². The molecule has 0 saturated carbocycles. The van der Waals surface area contributed by atoms with Gasteiger partial charge >= 0.3 is 6.03 Å². The molecule has 5 rings (SSSR count). The number of piperidine rings is 1. The van der Waals surface area contributed by atoms with Crippen molar-refractivity contribution in [3.8, 4) is 0 Å². The number of fused-ring (bicyclic) bond motifs is 1. The van der Waals surface area contributed by atoms with Crippen LogP contribution in [0.5, 0.6) is 0 Å². The Morgan fingerprint density at radius 2 is 1.81 bits per heavy atom. The molecule has 3 amide bonds. The Morgan fingerprint density at radius 1 is 1.05 bits per heavy atom. The number of hydrogen-bond donors (Lipinski definition) is 4. The van der Waals surface area contributed by atoms with Crippen molar-refractivity contribution in [3.05, 3.63) is 53.5 Å². The molecule has 0 bridgehead atoms. The summed E-state index contributed by atoms with van der Waals surface area (Å²) < 4.78 is 5.73. The van der Waals surface area contributed by atoms with E-state index in [-0.39, 0.29) is 29.5 Å². The molecule has 0 spiro atoms. The Balaban J connectivity index is 1.05. The highest BCUT2D eigenvalue weighted by Crippen LogP contribution is 2.22. The zero-order chi connectivity index (χ0) is 25.5. The Bertz CT molecular complexity index is 1040. The van der Waals surface area contributed by atoms with E-state index in [1.807, 2.05) is 12.1 Å². The van der Waals surface area contributed by atoms with Crippen molar-refractivity contribution in [1.29, 1.82) is 0 Å². The van der Waals surface area contributed by atoms with E-state index in [9.17, 15) is 9.59 Å². The summed E-state index contributed by atoms with van der Waals surface area (Å²) in [5.74, 6) is 0.376. The highest BCUT2D eigenvalue weighted by molar-refractivity contribution is 6.00. The molecule has 1 unspecified atom stereocenters. The number of ether oxygens (including phenoxy) is 1. The molecule has 2 aromatic rings. The molecule has 0 radical (unpaired) electrons. The maximum atomic E-state index is 13.0. The Morgan fingerprint density at radius 3 is 2.54 bits per heavy atom. The van der Waals surface area contributed by atoms with E-state index < -0.39 is 0 Å². The number of aromatic nitrogens is 2. The summed E-state index contributed by atoms with van der Waals surface area (Å²) >= 11 is 0. The van der Waals surface area contributed by atoms with Gasteiger partial charge in [-0.3, -0.25) is 15.4 Å². The fourth-order valence-corrected chi connectivity index (χ4v) is 5.47. The topological polar surface area (TPSA) is 121 Å². The van der Waals surface area contributed by atoms with Gasteiger partial charge < -0.3 is 20.3 Å². The molecule has 3 heterocycles. The quantitative estimate of drug-likeness (QED) is 0.302. The summed E-state index contributed by atoms with van der Waals surface area (Å²) in [5, 5.41) is 12.7. The summed E-state index contributed by atoms with van der Waals surface area (Å²) in [5.41, 5.74) is 2.65. The molecular weight excluding hydrogens is 470 g/mol. The van der Waals surface area contributed by atoms with Crippen LogP contribution in [0.3, 0.4) is 0 Å². The number of carbonyl (C=O) groups is 2. The molecular formula is C27H37N7O3. The molecule has 4 N–H and O–H groups in total. The van der Waals surface area contributed by atoms with E-state index in [2.05, 4.69) is 43.4 Å². The van der Waals surface area contributed by atoms with Gasteiger partial charge in [0.1, 0.15) is 0 Å².